The van der Waals surface area contributed by atoms with Gasteiger partial charge < -0.3 is 10.4 Å². The normalized spacial score (nSPS) is 8.75. The number of rotatable bonds is 3. The summed E-state index contributed by atoms with van der Waals surface area (Å²) in [6.07, 6.45) is 0.514. The molecule has 0 saturated heterocycles. The van der Waals surface area contributed by atoms with E-state index in [1.165, 1.54) is 0 Å². The fourth-order valence-electron chi connectivity index (χ4n) is 0.327. The van der Waals surface area contributed by atoms with Crippen LogP contribution in [0.5, 0.6) is 0 Å². The van der Waals surface area contributed by atoms with E-state index in [2.05, 4.69) is 5.32 Å². The Morgan fingerprint density at radius 3 is 2.75 bits per heavy atom. The Morgan fingerprint density at radius 2 is 2.38 bits per heavy atom. The molecule has 0 aliphatic rings. The molecule has 3 nitrogen and oxygen atoms in total. The second-order valence-corrected chi connectivity index (χ2v) is 1.45. The fraction of sp³-hybridized carbons (Fsp3) is 0.800. The molecule has 0 aliphatic carbocycles. The summed E-state index contributed by atoms with van der Waals surface area (Å²) in [5.41, 5.74) is 0. The molecular formula is C5H12NO2+. The first-order valence-corrected chi connectivity index (χ1v) is 2.72. The van der Waals surface area contributed by atoms with Crippen LogP contribution in [0.1, 0.15) is 13.3 Å². The molecule has 0 aromatic heterocycles. The summed E-state index contributed by atoms with van der Waals surface area (Å²) in [6.45, 7) is 2.54. The number of hydrogen-bond acceptors (Lipinski definition) is 1. The molecule has 0 atom stereocenters. The van der Waals surface area contributed by atoms with Gasteiger partial charge in [-0.2, -0.15) is 0 Å². The Morgan fingerprint density at radius 1 is 1.75 bits per heavy atom. The summed E-state index contributed by atoms with van der Waals surface area (Å²) in [5.74, 6) is 0.0252. The second kappa shape index (κ2) is 4.59. The van der Waals surface area contributed by atoms with Crippen molar-refractivity contribution >= 4 is 5.91 Å². The van der Waals surface area contributed by atoms with Gasteiger partial charge in [0.2, 0.25) is 5.91 Å². The highest BCUT2D eigenvalue weighted by atomic mass is 16.3. The molecule has 0 aromatic rings. The highest BCUT2D eigenvalue weighted by molar-refractivity contribution is 5.75. The number of carbonyl (C=O) groups is 1. The lowest BCUT2D eigenvalue weighted by Crippen LogP contribution is -2.25. The summed E-state index contributed by atoms with van der Waals surface area (Å²) < 4.78 is 0. The standard InChI is InChI=1S/C5H11NO2/c1-2-5(8)6-3-4-7/h7H,2-4H2,1H3,(H,6,8)/p+1. The second-order valence-electron chi connectivity index (χ2n) is 1.45. The summed E-state index contributed by atoms with van der Waals surface area (Å²) in [7, 11) is 0. The van der Waals surface area contributed by atoms with Gasteiger partial charge in [-0.15, -0.1) is 0 Å². The van der Waals surface area contributed by atoms with Crippen molar-refractivity contribution in [2.24, 2.45) is 0 Å². The molecule has 48 valence electrons. The van der Waals surface area contributed by atoms with E-state index in [0.29, 0.717) is 13.0 Å². The monoisotopic (exact) mass is 118 g/mol. The minimum absolute atomic E-state index is 0.0252. The van der Waals surface area contributed by atoms with Gasteiger partial charge in [0.05, 0.1) is 6.54 Å². The highest BCUT2D eigenvalue weighted by Gasteiger charge is 1.92. The predicted molar refractivity (Wildman–Crippen MR) is 31.8 cm³/mol. The first kappa shape index (κ1) is 7.43. The van der Waals surface area contributed by atoms with Crippen LogP contribution in [-0.2, 0) is 4.79 Å². The molecule has 0 spiro atoms. The maximum absolute atomic E-state index is 10.4. The summed E-state index contributed by atoms with van der Waals surface area (Å²) >= 11 is 0. The molecule has 0 radical (unpaired) electrons. The van der Waals surface area contributed by atoms with Crippen molar-refractivity contribution in [2.75, 3.05) is 13.2 Å². The van der Waals surface area contributed by atoms with E-state index in [1.54, 1.807) is 6.92 Å². The zero-order valence-electron chi connectivity index (χ0n) is 5.03. The SMILES string of the molecule is CCC(=O)NCC[OH2+]. The minimum atomic E-state index is 0.0252. The minimum Gasteiger partial charge on any atom is -0.444 e. The Hall–Kier alpha value is -0.570. The fourth-order valence-corrected chi connectivity index (χ4v) is 0.327. The van der Waals surface area contributed by atoms with Crippen LogP contribution in [0.2, 0.25) is 0 Å². The Balaban J connectivity index is 2.99. The van der Waals surface area contributed by atoms with Crippen molar-refractivity contribution < 1.29 is 9.90 Å². The molecule has 0 saturated carbocycles. The number of amides is 1. The molecule has 0 aliphatic heterocycles. The van der Waals surface area contributed by atoms with Gasteiger partial charge in [-0.3, -0.25) is 4.79 Å². The van der Waals surface area contributed by atoms with Crippen molar-refractivity contribution in [3.8, 4) is 0 Å². The Labute approximate surface area is 48.7 Å². The highest BCUT2D eigenvalue weighted by Crippen LogP contribution is 1.71. The lowest BCUT2D eigenvalue weighted by Gasteiger charge is -1.95. The Kier molecular flexibility index (Phi) is 4.26. The molecule has 0 bridgehead atoms. The first-order valence-electron chi connectivity index (χ1n) is 2.72. The van der Waals surface area contributed by atoms with Crippen LogP contribution in [0.3, 0.4) is 0 Å². The molecule has 0 fully saturated rings. The number of carbonyl (C=O) groups excluding carboxylic acids is 1. The quantitative estimate of drug-likeness (QED) is 0.486. The largest absolute Gasteiger partial charge is 0.444 e. The predicted octanol–water partition coefficient (Wildman–Crippen LogP) is -0.763. The molecule has 1 amide bonds. The third-order valence-corrected chi connectivity index (χ3v) is 0.768. The molecule has 0 heterocycles. The van der Waals surface area contributed by atoms with Gasteiger partial charge in [-0.25, -0.2) is 0 Å². The molecule has 8 heavy (non-hydrogen) atoms. The molecule has 3 N–H and O–H groups in total. The lowest BCUT2D eigenvalue weighted by atomic mass is 10.4. The van der Waals surface area contributed by atoms with Crippen LogP contribution in [-0.4, -0.2) is 24.2 Å². The van der Waals surface area contributed by atoms with Gasteiger partial charge in [0.15, 0.2) is 6.61 Å². The van der Waals surface area contributed by atoms with Gasteiger partial charge in [0.1, 0.15) is 0 Å². The van der Waals surface area contributed by atoms with Crippen LogP contribution in [0.4, 0.5) is 0 Å². The van der Waals surface area contributed by atoms with Crippen molar-refractivity contribution in [3.63, 3.8) is 0 Å². The van der Waals surface area contributed by atoms with Gasteiger partial charge >= 0.3 is 0 Å². The van der Waals surface area contributed by atoms with Crippen LogP contribution in [0.25, 0.3) is 0 Å². The van der Waals surface area contributed by atoms with Crippen LogP contribution >= 0.6 is 0 Å². The molecule has 0 rings (SSSR count). The van der Waals surface area contributed by atoms with E-state index < -0.39 is 0 Å². The number of hydrogen-bond donors (Lipinski definition) is 1. The van der Waals surface area contributed by atoms with E-state index >= 15 is 0 Å². The smallest absolute Gasteiger partial charge is 0.219 e. The maximum Gasteiger partial charge on any atom is 0.219 e. The topological polar surface area (TPSA) is 52.0 Å². The summed E-state index contributed by atoms with van der Waals surface area (Å²) in [6, 6.07) is 0. The van der Waals surface area contributed by atoms with E-state index in [9.17, 15) is 4.79 Å². The third-order valence-electron chi connectivity index (χ3n) is 0.768. The van der Waals surface area contributed by atoms with Crippen LogP contribution < -0.4 is 5.32 Å². The third kappa shape index (κ3) is 3.61. The van der Waals surface area contributed by atoms with Crippen LogP contribution in [0.15, 0.2) is 0 Å². The first-order chi connectivity index (χ1) is 3.81. The lowest BCUT2D eigenvalue weighted by molar-refractivity contribution is -0.120. The van der Waals surface area contributed by atoms with E-state index in [1.807, 2.05) is 0 Å². The molecule has 3 heteroatoms. The van der Waals surface area contributed by atoms with E-state index in [4.69, 9.17) is 5.11 Å². The van der Waals surface area contributed by atoms with E-state index in [-0.39, 0.29) is 12.5 Å². The molecule has 0 aromatic carbocycles. The van der Waals surface area contributed by atoms with Crippen molar-refractivity contribution in [2.45, 2.75) is 13.3 Å². The molecular weight excluding hydrogens is 106 g/mol. The van der Waals surface area contributed by atoms with Gasteiger partial charge in [-0.05, 0) is 0 Å². The maximum atomic E-state index is 10.4. The Bertz CT molecular complexity index is 72.8. The number of nitrogens with one attached hydrogen (secondary N) is 1. The van der Waals surface area contributed by atoms with Crippen molar-refractivity contribution in [1.82, 2.24) is 5.32 Å². The van der Waals surface area contributed by atoms with Gasteiger partial charge in [-0.1, -0.05) is 6.92 Å². The molecule has 0 unspecified atom stereocenters. The average molecular weight is 118 g/mol. The van der Waals surface area contributed by atoms with Crippen LogP contribution in [0, 0.1) is 0 Å². The van der Waals surface area contributed by atoms with Crippen molar-refractivity contribution in [3.05, 3.63) is 0 Å². The van der Waals surface area contributed by atoms with Gasteiger partial charge in [0.25, 0.3) is 0 Å². The zero-order chi connectivity index (χ0) is 6.41. The summed E-state index contributed by atoms with van der Waals surface area (Å²) in [4.78, 5) is 10.4. The summed E-state index contributed by atoms with van der Waals surface area (Å²) in [5, 5.41) is 9.21. The van der Waals surface area contributed by atoms with Crippen molar-refractivity contribution in [1.29, 1.82) is 0 Å². The zero-order valence-corrected chi connectivity index (χ0v) is 5.03. The van der Waals surface area contributed by atoms with E-state index in [0.717, 1.165) is 0 Å². The van der Waals surface area contributed by atoms with Gasteiger partial charge in [0, 0.05) is 6.42 Å². The average Bonchev–Trinajstić information content (AvgIpc) is 1.83.